The normalized spacial score (nSPS) is 16.4. The summed E-state index contributed by atoms with van der Waals surface area (Å²) >= 11 is 0. The maximum atomic E-state index is 12.4. The van der Waals surface area contributed by atoms with E-state index >= 15 is 0 Å². The van der Waals surface area contributed by atoms with Crippen molar-refractivity contribution in [3.63, 3.8) is 0 Å². The van der Waals surface area contributed by atoms with Crippen LogP contribution in [-0.4, -0.2) is 20.9 Å². The van der Waals surface area contributed by atoms with Crippen LogP contribution in [0.15, 0.2) is 46.6 Å². The average molecular weight is 296 g/mol. The smallest absolute Gasteiger partial charge is 0.185 e. The van der Waals surface area contributed by atoms with Crippen LogP contribution in [0.5, 0.6) is 0 Å². The third-order valence-electron chi connectivity index (χ3n) is 4.76. The number of rotatable bonds is 3. The SMILES string of the molecule is CC1=C(C)C(=O)C(CCn2c3ccccc3n2C)=C(C)C1=O. The first-order chi connectivity index (χ1) is 10.4. The fourth-order valence-electron chi connectivity index (χ4n) is 3.15. The lowest BCUT2D eigenvalue weighted by molar-refractivity contribution is -0.116. The molecule has 2 aromatic rings. The predicted octanol–water partition coefficient (Wildman–Crippen LogP) is 3.17. The van der Waals surface area contributed by atoms with Crippen molar-refractivity contribution >= 4 is 22.6 Å². The number of benzene rings is 1. The fourth-order valence-corrected chi connectivity index (χ4v) is 3.15. The maximum absolute atomic E-state index is 12.4. The van der Waals surface area contributed by atoms with Crippen molar-refractivity contribution in [2.45, 2.75) is 33.7 Å². The molecule has 0 saturated heterocycles. The first-order valence-corrected chi connectivity index (χ1v) is 7.50. The van der Waals surface area contributed by atoms with Crippen LogP contribution < -0.4 is 0 Å². The maximum Gasteiger partial charge on any atom is 0.185 e. The fraction of sp³-hybridized carbons (Fsp3) is 0.333. The van der Waals surface area contributed by atoms with Crippen molar-refractivity contribution in [3.05, 3.63) is 46.6 Å². The zero-order valence-electron chi connectivity index (χ0n) is 13.4. The molecule has 1 aliphatic rings. The summed E-state index contributed by atoms with van der Waals surface area (Å²) < 4.78 is 4.21. The molecule has 0 fully saturated rings. The Morgan fingerprint density at radius 1 is 0.864 bits per heavy atom. The quantitative estimate of drug-likeness (QED) is 0.817. The highest BCUT2D eigenvalue weighted by atomic mass is 16.1. The molecule has 1 aromatic carbocycles. The van der Waals surface area contributed by atoms with Crippen LogP contribution in [0.1, 0.15) is 27.2 Å². The minimum atomic E-state index is 0.00413. The minimum Gasteiger partial charge on any atom is -0.289 e. The Morgan fingerprint density at radius 2 is 1.45 bits per heavy atom. The lowest BCUT2D eigenvalue weighted by atomic mass is 9.84. The summed E-state index contributed by atoms with van der Waals surface area (Å²) in [6.45, 7) is 5.94. The van der Waals surface area contributed by atoms with E-state index in [1.807, 2.05) is 19.2 Å². The molecule has 0 aliphatic heterocycles. The molecule has 3 rings (SSSR count). The average Bonchev–Trinajstić information content (AvgIpc) is 2.53. The first kappa shape index (κ1) is 14.6. The number of fused-ring (bicyclic) bond motifs is 1. The number of hydrogen-bond donors (Lipinski definition) is 0. The second kappa shape index (κ2) is 5.13. The van der Waals surface area contributed by atoms with E-state index in [1.165, 1.54) is 11.0 Å². The van der Waals surface area contributed by atoms with Crippen molar-refractivity contribution in [2.75, 3.05) is 0 Å². The third-order valence-corrected chi connectivity index (χ3v) is 4.76. The summed E-state index contributed by atoms with van der Waals surface area (Å²) in [5.74, 6) is 0.0236. The molecule has 0 radical (unpaired) electrons. The standard InChI is InChI=1S/C18H20N2O2/c1-11-12(2)18(22)14(13(3)17(11)21)9-10-20-16-8-6-5-7-15(16)19(20)4/h5-8H,9-10H2,1-4H3. The highest BCUT2D eigenvalue weighted by molar-refractivity contribution is 6.24. The molecule has 1 aromatic heterocycles. The van der Waals surface area contributed by atoms with Gasteiger partial charge in [0.1, 0.15) is 0 Å². The van der Waals surface area contributed by atoms with E-state index in [2.05, 4.69) is 21.5 Å². The van der Waals surface area contributed by atoms with Crippen LogP contribution in [0, 0.1) is 0 Å². The Labute approximate surface area is 129 Å². The van der Waals surface area contributed by atoms with Gasteiger partial charge in [0.05, 0.1) is 11.0 Å². The monoisotopic (exact) mass is 296 g/mol. The molecule has 0 amide bonds. The van der Waals surface area contributed by atoms with Gasteiger partial charge in [0.2, 0.25) is 0 Å². The van der Waals surface area contributed by atoms with Gasteiger partial charge in [-0.25, -0.2) is 0 Å². The highest BCUT2D eigenvalue weighted by Gasteiger charge is 2.27. The number of nitrogens with zero attached hydrogens (tertiary/aromatic N) is 2. The molecule has 0 atom stereocenters. The largest absolute Gasteiger partial charge is 0.289 e. The van der Waals surface area contributed by atoms with Gasteiger partial charge in [0.15, 0.2) is 11.6 Å². The molecule has 0 N–H and O–H groups in total. The number of ketones is 2. The molecule has 4 heteroatoms. The molecule has 0 unspecified atom stereocenters. The summed E-state index contributed by atoms with van der Waals surface area (Å²) in [5.41, 5.74) is 4.78. The third kappa shape index (κ3) is 1.98. The van der Waals surface area contributed by atoms with E-state index < -0.39 is 0 Å². The molecule has 22 heavy (non-hydrogen) atoms. The molecule has 0 spiro atoms. The van der Waals surface area contributed by atoms with Crippen molar-refractivity contribution < 1.29 is 9.59 Å². The van der Waals surface area contributed by atoms with Gasteiger partial charge in [-0.15, -0.1) is 0 Å². The Hall–Kier alpha value is -2.36. The van der Waals surface area contributed by atoms with Gasteiger partial charge < -0.3 is 0 Å². The van der Waals surface area contributed by atoms with E-state index in [0.29, 0.717) is 35.3 Å². The van der Waals surface area contributed by atoms with Crippen LogP contribution in [-0.2, 0) is 23.2 Å². The molecule has 1 heterocycles. The lowest BCUT2D eigenvalue weighted by Crippen LogP contribution is -2.24. The lowest BCUT2D eigenvalue weighted by Gasteiger charge is -2.25. The molecular weight excluding hydrogens is 276 g/mol. The molecular formula is C18H20N2O2. The second-order valence-corrected chi connectivity index (χ2v) is 5.90. The van der Waals surface area contributed by atoms with E-state index in [4.69, 9.17) is 0 Å². The number of aromatic nitrogens is 2. The van der Waals surface area contributed by atoms with Gasteiger partial charge in [0, 0.05) is 35.9 Å². The van der Waals surface area contributed by atoms with Crippen LogP contribution in [0.4, 0.5) is 0 Å². The van der Waals surface area contributed by atoms with Crippen LogP contribution in [0.2, 0.25) is 0 Å². The van der Waals surface area contributed by atoms with Gasteiger partial charge in [-0.1, -0.05) is 12.1 Å². The molecule has 0 bridgehead atoms. The van der Waals surface area contributed by atoms with Crippen molar-refractivity contribution in [2.24, 2.45) is 7.05 Å². The number of hydrogen-bond acceptors (Lipinski definition) is 2. The number of allylic oxidation sites excluding steroid dienone is 4. The molecule has 1 aliphatic carbocycles. The Bertz CT molecular complexity index is 859. The van der Waals surface area contributed by atoms with Crippen molar-refractivity contribution in [1.29, 1.82) is 0 Å². The zero-order chi connectivity index (χ0) is 16.0. The van der Waals surface area contributed by atoms with E-state index in [1.54, 1.807) is 20.8 Å². The van der Waals surface area contributed by atoms with Crippen LogP contribution in [0.25, 0.3) is 11.0 Å². The summed E-state index contributed by atoms with van der Waals surface area (Å²) in [4.78, 5) is 24.6. The first-order valence-electron chi connectivity index (χ1n) is 7.50. The Kier molecular flexibility index (Phi) is 3.39. The summed E-state index contributed by atoms with van der Waals surface area (Å²) in [5, 5.41) is 0. The van der Waals surface area contributed by atoms with Gasteiger partial charge in [-0.05, 0) is 39.3 Å². The van der Waals surface area contributed by atoms with Crippen molar-refractivity contribution in [1.82, 2.24) is 9.36 Å². The Balaban J connectivity index is 1.87. The number of para-hydroxylation sites is 2. The Morgan fingerprint density at radius 3 is 2.14 bits per heavy atom. The van der Waals surface area contributed by atoms with Crippen molar-refractivity contribution in [3.8, 4) is 0 Å². The van der Waals surface area contributed by atoms with E-state index in [-0.39, 0.29) is 11.6 Å². The van der Waals surface area contributed by atoms with E-state index in [0.717, 1.165) is 0 Å². The number of carbonyl (C=O) groups excluding carboxylic acids is 2. The zero-order valence-corrected chi connectivity index (χ0v) is 13.4. The predicted molar refractivity (Wildman–Crippen MR) is 86.6 cm³/mol. The van der Waals surface area contributed by atoms with Crippen LogP contribution in [0.3, 0.4) is 0 Å². The summed E-state index contributed by atoms with van der Waals surface area (Å²) in [6, 6.07) is 8.16. The number of carbonyl (C=O) groups is 2. The van der Waals surface area contributed by atoms with Gasteiger partial charge in [0.25, 0.3) is 0 Å². The van der Waals surface area contributed by atoms with E-state index in [9.17, 15) is 9.59 Å². The molecule has 114 valence electrons. The van der Waals surface area contributed by atoms with Gasteiger partial charge in [-0.3, -0.25) is 19.0 Å². The van der Waals surface area contributed by atoms with Gasteiger partial charge >= 0.3 is 0 Å². The molecule has 0 saturated carbocycles. The highest BCUT2D eigenvalue weighted by Crippen LogP contribution is 2.27. The summed E-state index contributed by atoms with van der Waals surface area (Å²) in [7, 11) is 2.01. The van der Waals surface area contributed by atoms with Gasteiger partial charge in [-0.2, -0.15) is 0 Å². The number of Topliss-reactive ketones (excluding diaryl/α,β-unsaturated/α-hetero) is 2. The molecule has 4 nitrogen and oxygen atoms in total. The number of aryl methyl sites for hydroxylation is 2. The second-order valence-electron chi connectivity index (χ2n) is 5.90. The topological polar surface area (TPSA) is 44.0 Å². The van der Waals surface area contributed by atoms with Crippen LogP contribution >= 0.6 is 0 Å². The summed E-state index contributed by atoms with van der Waals surface area (Å²) in [6.07, 6.45) is 0.583. The minimum absolute atomic E-state index is 0.00413.